The van der Waals surface area contributed by atoms with Crippen molar-refractivity contribution in [2.24, 2.45) is 0 Å². The number of imidazole rings is 1. The third-order valence-electron chi connectivity index (χ3n) is 7.65. The summed E-state index contributed by atoms with van der Waals surface area (Å²) < 4.78 is 13.4. The van der Waals surface area contributed by atoms with Crippen LogP contribution in [0.2, 0.25) is 0 Å². The molecule has 6 rings (SSSR count). The number of anilines is 1. The van der Waals surface area contributed by atoms with Crippen LogP contribution in [0.1, 0.15) is 81.4 Å². The summed E-state index contributed by atoms with van der Waals surface area (Å²) in [6.07, 6.45) is 14.2. The molecule has 2 aromatic heterocycles. The number of aromatic nitrogens is 4. The maximum Gasteiger partial charge on any atom is 0.414 e. The molecule has 8 nitrogen and oxygen atoms in total. The molecule has 8 heteroatoms. The molecule has 0 bridgehead atoms. The van der Waals surface area contributed by atoms with Crippen molar-refractivity contribution < 1.29 is 14.3 Å². The van der Waals surface area contributed by atoms with Crippen molar-refractivity contribution in [3.05, 3.63) is 41.6 Å². The van der Waals surface area contributed by atoms with E-state index in [1.165, 1.54) is 26.4 Å². The predicted octanol–water partition coefficient (Wildman–Crippen LogP) is 5.37. The highest BCUT2D eigenvalue weighted by Crippen LogP contribution is 2.39. The highest BCUT2D eigenvalue weighted by atomic mass is 16.5. The minimum Gasteiger partial charge on any atom is -0.473 e. The summed E-state index contributed by atoms with van der Waals surface area (Å²) in [5.41, 5.74) is 5.08. The first-order chi connectivity index (χ1) is 17.1. The third kappa shape index (κ3) is 4.23. The van der Waals surface area contributed by atoms with Crippen molar-refractivity contribution in [1.82, 2.24) is 19.5 Å². The maximum absolute atomic E-state index is 12.6. The lowest BCUT2D eigenvalue weighted by Gasteiger charge is -2.34. The fraction of sp³-hybridized carbons (Fsp3) is 0.556. The normalized spacial score (nSPS) is 20.6. The second-order valence-electron chi connectivity index (χ2n) is 10.2. The van der Waals surface area contributed by atoms with Gasteiger partial charge in [0, 0.05) is 23.8 Å². The van der Waals surface area contributed by atoms with Crippen LogP contribution in [0, 0.1) is 0 Å². The summed E-state index contributed by atoms with van der Waals surface area (Å²) in [4.78, 5) is 28.7. The van der Waals surface area contributed by atoms with Crippen molar-refractivity contribution in [1.29, 1.82) is 0 Å². The van der Waals surface area contributed by atoms with Crippen LogP contribution < -0.4 is 9.64 Å². The molecule has 1 aromatic carbocycles. The SMILES string of the molecule is COC(=O)N1c2ccc3c(nc(Cc4cncc(OC5CC5)n4)n3C3CCCCC3)c2CC[C@@H]1C. The highest BCUT2D eigenvalue weighted by Gasteiger charge is 2.32. The van der Waals surface area contributed by atoms with E-state index in [1.807, 2.05) is 6.20 Å². The molecule has 3 heterocycles. The first-order valence-electron chi connectivity index (χ1n) is 13.0. The van der Waals surface area contributed by atoms with Crippen LogP contribution >= 0.6 is 0 Å². The zero-order chi connectivity index (χ0) is 23.9. The number of ether oxygens (including phenoxy) is 2. The van der Waals surface area contributed by atoms with Gasteiger partial charge in [-0.15, -0.1) is 0 Å². The lowest BCUT2D eigenvalue weighted by Crippen LogP contribution is -2.42. The Bertz CT molecular complexity index is 1250. The smallest absolute Gasteiger partial charge is 0.414 e. The number of nitrogens with zero attached hydrogens (tertiary/aromatic N) is 5. The van der Waals surface area contributed by atoms with E-state index in [0.717, 1.165) is 72.3 Å². The number of aryl methyl sites for hydroxylation is 1. The molecule has 2 fully saturated rings. The number of hydrogen-bond donors (Lipinski definition) is 0. The second kappa shape index (κ2) is 9.13. The van der Waals surface area contributed by atoms with Crippen molar-refractivity contribution in [3.63, 3.8) is 0 Å². The second-order valence-corrected chi connectivity index (χ2v) is 10.2. The molecule has 2 saturated carbocycles. The number of carbonyl (C=O) groups is 1. The molecule has 0 radical (unpaired) electrons. The largest absolute Gasteiger partial charge is 0.473 e. The van der Waals surface area contributed by atoms with Crippen molar-refractivity contribution in [3.8, 4) is 5.88 Å². The first kappa shape index (κ1) is 22.3. The quantitative estimate of drug-likeness (QED) is 0.493. The van der Waals surface area contributed by atoms with Gasteiger partial charge in [0.2, 0.25) is 5.88 Å². The van der Waals surface area contributed by atoms with Crippen LogP contribution in [0.25, 0.3) is 11.0 Å². The molecular formula is C27H33N5O3. The van der Waals surface area contributed by atoms with E-state index >= 15 is 0 Å². The Hall–Kier alpha value is -3.16. The molecule has 1 amide bonds. The van der Waals surface area contributed by atoms with Gasteiger partial charge in [-0.3, -0.25) is 9.88 Å². The fourth-order valence-corrected chi connectivity index (χ4v) is 5.74. The van der Waals surface area contributed by atoms with E-state index in [4.69, 9.17) is 19.4 Å². The maximum atomic E-state index is 12.6. The first-order valence-corrected chi connectivity index (χ1v) is 13.0. The van der Waals surface area contributed by atoms with Gasteiger partial charge in [0.1, 0.15) is 11.9 Å². The molecule has 2 aliphatic carbocycles. The minimum absolute atomic E-state index is 0.0942. The van der Waals surface area contributed by atoms with Crippen molar-refractivity contribution in [2.75, 3.05) is 12.0 Å². The monoisotopic (exact) mass is 475 g/mol. The Balaban J connectivity index is 1.44. The number of fused-ring (bicyclic) bond motifs is 3. The average molecular weight is 476 g/mol. The van der Waals surface area contributed by atoms with Crippen LogP contribution in [-0.2, 0) is 17.6 Å². The zero-order valence-corrected chi connectivity index (χ0v) is 20.6. The van der Waals surface area contributed by atoms with E-state index in [-0.39, 0.29) is 18.2 Å². The molecule has 0 N–H and O–H groups in total. The standard InChI is InChI=1S/C27H33N5O3/c1-17-8-11-21-22(31(17)27(33)34-2)12-13-23-26(21)30-24(32(23)19-6-4-3-5-7-19)14-18-15-28-16-25(29-18)35-20-9-10-20/h12-13,15-17,19-20H,3-11,14H2,1-2H3/t17-/m0/s1. The summed E-state index contributed by atoms with van der Waals surface area (Å²) in [6, 6.07) is 4.75. The molecule has 1 atom stereocenters. The number of rotatable bonds is 5. The van der Waals surface area contributed by atoms with Crippen LogP contribution in [0.4, 0.5) is 10.5 Å². The summed E-state index contributed by atoms with van der Waals surface area (Å²) in [7, 11) is 1.44. The Morgan fingerprint density at radius 3 is 2.66 bits per heavy atom. The van der Waals surface area contributed by atoms with E-state index < -0.39 is 0 Å². The third-order valence-corrected chi connectivity index (χ3v) is 7.65. The van der Waals surface area contributed by atoms with Crippen LogP contribution in [0.5, 0.6) is 5.88 Å². The molecular weight excluding hydrogens is 442 g/mol. The molecule has 35 heavy (non-hydrogen) atoms. The van der Waals surface area contributed by atoms with Gasteiger partial charge in [0.05, 0.1) is 42.1 Å². The van der Waals surface area contributed by atoms with Crippen molar-refractivity contribution in [2.45, 2.75) is 89.3 Å². The number of methoxy groups -OCH3 is 1. The van der Waals surface area contributed by atoms with Crippen molar-refractivity contribution >= 4 is 22.8 Å². The summed E-state index contributed by atoms with van der Waals surface area (Å²) in [5, 5.41) is 0. The predicted molar refractivity (Wildman–Crippen MR) is 133 cm³/mol. The summed E-state index contributed by atoms with van der Waals surface area (Å²) >= 11 is 0. The van der Waals surface area contributed by atoms with Gasteiger partial charge in [-0.05, 0) is 57.6 Å². The Morgan fingerprint density at radius 2 is 1.89 bits per heavy atom. The molecule has 0 spiro atoms. The number of carbonyl (C=O) groups excluding carboxylic acids is 1. The lowest BCUT2D eigenvalue weighted by molar-refractivity contribution is 0.175. The number of benzene rings is 1. The van der Waals surface area contributed by atoms with Crippen LogP contribution in [-0.4, -0.2) is 44.9 Å². The number of amides is 1. The molecule has 3 aliphatic rings. The van der Waals surface area contributed by atoms with E-state index in [1.54, 1.807) is 11.1 Å². The van der Waals surface area contributed by atoms with Crippen LogP contribution in [0.15, 0.2) is 24.5 Å². The van der Waals surface area contributed by atoms with E-state index in [2.05, 4.69) is 28.6 Å². The Kier molecular flexibility index (Phi) is 5.82. The highest BCUT2D eigenvalue weighted by molar-refractivity contribution is 5.95. The van der Waals surface area contributed by atoms with Gasteiger partial charge in [-0.25, -0.2) is 14.8 Å². The number of hydrogen-bond acceptors (Lipinski definition) is 6. The van der Waals surface area contributed by atoms with Gasteiger partial charge in [-0.1, -0.05) is 19.3 Å². The zero-order valence-electron chi connectivity index (χ0n) is 20.6. The summed E-state index contributed by atoms with van der Waals surface area (Å²) in [6.45, 7) is 2.07. The molecule has 1 aliphatic heterocycles. The molecule has 3 aromatic rings. The van der Waals surface area contributed by atoms with Gasteiger partial charge in [0.25, 0.3) is 0 Å². The molecule has 0 saturated heterocycles. The minimum atomic E-state index is -0.313. The topological polar surface area (TPSA) is 82.4 Å². The lowest BCUT2D eigenvalue weighted by atomic mass is 9.94. The van der Waals surface area contributed by atoms with Gasteiger partial charge in [0.15, 0.2) is 0 Å². The van der Waals surface area contributed by atoms with Gasteiger partial charge in [-0.2, -0.15) is 0 Å². The summed E-state index contributed by atoms with van der Waals surface area (Å²) in [5.74, 6) is 1.62. The van der Waals surface area contributed by atoms with Gasteiger partial charge < -0.3 is 14.0 Å². The average Bonchev–Trinajstić information content (AvgIpc) is 3.61. The van der Waals surface area contributed by atoms with Gasteiger partial charge >= 0.3 is 6.09 Å². The fourth-order valence-electron chi connectivity index (χ4n) is 5.74. The Labute approximate surface area is 205 Å². The molecule has 184 valence electrons. The Morgan fingerprint density at radius 1 is 1.06 bits per heavy atom. The van der Waals surface area contributed by atoms with E-state index in [0.29, 0.717) is 18.3 Å². The van der Waals surface area contributed by atoms with Crippen LogP contribution in [0.3, 0.4) is 0 Å². The molecule has 0 unspecified atom stereocenters. The van der Waals surface area contributed by atoms with E-state index in [9.17, 15) is 4.79 Å².